The number of carbonyl (C=O) groups is 1. The topological polar surface area (TPSA) is 63.2 Å². The highest BCUT2D eigenvalue weighted by molar-refractivity contribution is 6.05. The second-order valence-corrected chi connectivity index (χ2v) is 6.25. The summed E-state index contributed by atoms with van der Waals surface area (Å²) in [6.45, 7) is 3.23. The van der Waals surface area contributed by atoms with Gasteiger partial charge in [-0.15, -0.1) is 0 Å². The fraction of sp³-hybridized carbons (Fsp3) is 0.444. The van der Waals surface area contributed by atoms with Gasteiger partial charge in [-0.05, 0) is 38.1 Å². The van der Waals surface area contributed by atoms with Crippen LogP contribution < -0.4 is 10.6 Å². The van der Waals surface area contributed by atoms with Crippen molar-refractivity contribution in [3.63, 3.8) is 0 Å². The summed E-state index contributed by atoms with van der Waals surface area (Å²) in [7, 11) is 1.72. The van der Waals surface area contributed by atoms with Gasteiger partial charge in [0.05, 0.1) is 17.7 Å². The minimum atomic E-state index is -0.0664. The number of hydrogen-bond acceptors (Lipinski definition) is 4. The van der Waals surface area contributed by atoms with Gasteiger partial charge in [0.2, 0.25) is 0 Å². The number of rotatable bonds is 5. The van der Waals surface area contributed by atoms with Crippen molar-refractivity contribution in [2.75, 3.05) is 33.4 Å². The highest BCUT2D eigenvalue weighted by atomic mass is 16.5. The molecule has 0 spiro atoms. The Balaban J connectivity index is 1.75. The minimum absolute atomic E-state index is 0.0215. The molecule has 1 aliphatic heterocycles. The van der Waals surface area contributed by atoms with E-state index in [-0.39, 0.29) is 11.3 Å². The smallest absolute Gasteiger partial charge is 0.253 e. The summed E-state index contributed by atoms with van der Waals surface area (Å²) in [5.41, 5.74) is 1.40. The summed E-state index contributed by atoms with van der Waals surface area (Å²) in [6, 6.07) is 9.55. The number of para-hydroxylation sites is 1. The summed E-state index contributed by atoms with van der Waals surface area (Å²) in [6.07, 6.45) is 3.74. The Kier molecular flexibility index (Phi) is 4.88. The van der Waals surface area contributed by atoms with Crippen LogP contribution in [-0.2, 0) is 4.74 Å². The van der Waals surface area contributed by atoms with Gasteiger partial charge in [-0.25, -0.2) is 0 Å². The van der Waals surface area contributed by atoms with Gasteiger partial charge in [0.1, 0.15) is 0 Å². The largest absolute Gasteiger partial charge is 0.384 e. The van der Waals surface area contributed by atoms with E-state index in [1.54, 1.807) is 13.3 Å². The van der Waals surface area contributed by atoms with Crippen molar-refractivity contribution in [1.82, 2.24) is 15.6 Å². The third kappa shape index (κ3) is 3.51. The molecule has 2 heterocycles. The fourth-order valence-corrected chi connectivity index (χ4v) is 3.29. The summed E-state index contributed by atoms with van der Waals surface area (Å²) in [5, 5.41) is 7.44. The van der Waals surface area contributed by atoms with Crippen LogP contribution in [0.3, 0.4) is 0 Å². The highest BCUT2D eigenvalue weighted by Crippen LogP contribution is 2.28. The number of methoxy groups -OCH3 is 1. The Bertz CT molecular complexity index is 670. The molecule has 122 valence electrons. The summed E-state index contributed by atoms with van der Waals surface area (Å²) in [4.78, 5) is 17.0. The highest BCUT2D eigenvalue weighted by Gasteiger charge is 2.32. The van der Waals surface area contributed by atoms with Crippen LogP contribution in [0.5, 0.6) is 0 Å². The first-order chi connectivity index (χ1) is 11.2. The van der Waals surface area contributed by atoms with Crippen LogP contribution in [0.4, 0.5) is 0 Å². The number of hydrogen-bond donors (Lipinski definition) is 2. The van der Waals surface area contributed by atoms with Gasteiger partial charge < -0.3 is 15.4 Å². The van der Waals surface area contributed by atoms with Crippen LogP contribution in [0.1, 0.15) is 23.2 Å². The van der Waals surface area contributed by atoms with Gasteiger partial charge in [-0.2, -0.15) is 0 Å². The number of benzene rings is 1. The van der Waals surface area contributed by atoms with Crippen LogP contribution in [-0.4, -0.2) is 44.2 Å². The van der Waals surface area contributed by atoms with Crippen molar-refractivity contribution in [3.8, 4) is 0 Å². The molecule has 1 aromatic heterocycles. The Hall–Kier alpha value is -1.98. The van der Waals surface area contributed by atoms with Crippen LogP contribution >= 0.6 is 0 Å². The molecule has 1 aliphatic rings. The van der Waals surface area contributed by atoms with E-state index in [4.69, 9.17) is 4.74 Å². The standard InChI is InChI=1S/C18H23N3O2/c1-23-13-18(7-10-19-11-8-18)12-21-17(22)15-6-2-4-14-5-3-9-20-16(14)15/h2-6,9,19H,7-8,10-13H2,1H3,(H,21,22). The number of ether oxygens (including phenoxy) is 1. The molecule has 1 saturated heterocycles. The molecule has 1 amide bonds. The SMILES string of the molecule is COCC1(CNC(=O)c2cccc3cccnc23)CCNCC1. The number of fused-ring (bicyclic) bond motifs is 1. The average Bonchev–Trinajstić information content (AvgIpc) is 2.60. The summed E-state index contributed by atoms with van der Waals surface area (Å²) >= 11 is 0. The monoisotopic (exact) mass is 313 g/mol. The third-order valence-electron chi connectivity index (χ3n) is 4.62. The Morgan fingerprint density at radius 2 is 2.09 bits per heavy atom. The van der Waals surface area contributed by atoms with Crippen LogP contribution in [0.15, 0.2) is 36.5 Å². The number of carbonyl (C=O) groups excluding carboxylic acids is 1. The number of pyridine rings is 1. The zero-order chi connectivity index (χ0) is 16.1. The Labute approximate surface area is 136 Å². The molecule has 23 heavy (non-hydrogen) atoms. The van der Waals surface area contributed by atoms with Crippen molar-refractivity contribution in [2.45, 2.75) is 12.8 Å². The molecule has 0 unspecified atom stereocenters. The summed E-state index contributed by atoms with van der Waals surface area (Å²) in [5.74, 6) is -0.0664. The van der Waals surface area contributed by atoms with Gasteiger partial charge in [-0.1, -0.05) is 18.2 Å². The Morgan fingerprint density at radius 1 is 1.30 bits per heavy atom. The van der Waals surface area contributed by atoms with E-state index in [9.17, 15) is 4.79 Å². The van der Waals surface area contributed by atoms with E-state index < -0.39 is 0 Å². The quantitative estimate of drug-likeness (QED) is 0.886. The lowest BCUT2D eigenvalue weighted by molar-refractivity contribution is 0.0512. The van der Waals surface area contributed by atoms with Crippen LogP contribution in [0.25, 0.3) is 10.9 Å². The normalized spacial score (nSPS) is 17.1. The van der Waals surface area contributed by atoms with E-state index in [0.29, 0.717) is 18.7 Å². The van der Waals surface area contributed by atoms with Crippen molar-refractivity contribution in [1.29, 1.82) is 0 Å². The zero-order valence-electron chi connectivity index (χ0n) is 13.5. The van der Waals surface area contributed by atoms with E-state index >= 15 is 0 Å². The third-order valence-corrected chi connectivity index (χ3v) is 4.62. The van der Waals surface area contributed by atoms with E-state index in [2.05, 4.69) is 15.6 Å². The van der Waals surface area contributed by atoms with Crippen LogP contribution in [0.2, 0.25) is 0 Å². The van der Waals surface area contributed by atoms with Crippen molar-refractivity contribution in [3.05, 3.63) is 42.1 Å². The first-order valence-electron chi connectivity index (χ1n) is 8.06. The molecule has 0 radical (unpaired) electrons. The molecule has 0 aliphatic carbocycles. The van der Waals surface area contributed by atoms with Gasteiger partial charge >= 0.3 is 0 Å². The van der Waals surface area contributed by atoms with E-state index in [1.807, 2.05) is 30.3 Å². The molecule has 0 saturated carbocycles. The molecule has 2 N–H and O–H groups in total. The van der Waals surface area contributed by atoms with Gasteiger partial charge in [-0.3, -0.25) is 9.78 Å². The number of aromatic nitrogens is 1. The number of amides is 1. The second-order valence-electron chi connectivity index (χ2n) is 6.25. The molecular formula is C18H23N3O2. The molecule has 5 heteroatoms. The summed E-state index contributed by atoms with van der Waals surface area (Å²) < 4.78 is 5.40. The van der Waals surface area contributed by atoms with E-state index in [1.165, 1.54) is 0 Å². The van der Waals surface area contributed by atoms with Gasteiger partial charge in [0, 0.05) is 30.7 Å². The molecule has 5 nitrogen and oxygen atoms in total. The zero-order valence-corrected chi connectivity index (χ0v) is 13.5. The van der Waals surface area contributed by atoms with Crippen molar-refractivity contribution in [2.24, 2.45) is 5.41 Å². The lowest BCUT2D eigenvalue weighted by Crippen LogP contribution is -2.47. The van der Waals surface area contributed by atoms with Crippen LogP contribution in [0, 0.1) is 5.41 Å². The second kappa shape index (κ2) is 7.06. The minimum Gasteiger partial charge on any atom is -0.384 e. The predicted molar refractivity (Wildman–Crippen MR) is 90.5 cm³/mol. The molecule has 2 aromatic rings. The number of piperidine rings is 1. The molecule has 1 aromatic carbocycles. The molecule has 3 rings (SSSR count). The number of nitrogens with zero attached hydrogens (tertiary/aromatic N) is 1. The first-order valence-corrected chi connectivity index (χ1v) is 8.06. The fourth-order valence-electron chi connectivity index (χ4n) is 3.29. The van der Waals surface area contributed by atoms with Crippen molar-refractivity contribution >= 4 is 16.8 Å². The molecular weight excluding hydrogens is 290 g/mol. The predicted octanol–water partition coefficient (Wildman–Crippen LogP) is 1.98. The Morgan fingerprint density at radius 3 is 2.87 bits per heavy atom. The molecule has 0 atom stereocenters. The first kappa shape index (κ1) is 15.9. The lowest BCUT2D eigenvalue weighted by Gasteiger charge is -2.37. The molecule has 1 fully saturated rings. The maximum Gasteiger partial charge on any atom is 0.253 e. The number of nitrogens with one attached hydrogen (secondary N) is 2. The lowest BCUT2D eigenvalue weighted by atomic mass is 9.79. The maximum absolute atomic E-state index is 12.6. The van der Waals surface area contributed by atoms with Gasteiger partial charge in [0.15, 0.2) is 0 Å². The van der Waals surface area contributed by atoms with Gasteiger partial charge in [0.25, 0.3) is 5.91 Å². The average molecular weight is 313 g/mol. The maximum atomic E-state index is 12.6. The molecule has 0 bridgehead atoms. The van der Waals surface area contributed by atoms with Crippen molar-refractivity contribution < 1.29 is 9.53 Å². The van der Waals surface area contributed by atoms with E-state index in [0.717, 1.165) is 36.8 Å².